The Morgan fingerprint density at radius 2 is 2.26 bits per heavy atom. The molecule has 1 fully saturated rings. The van der Waals surface area contributed by atoms with Crippen LogP contribution in [0.3, 0.4) is 0 Å². The summed E-state index contributed by atoms with van der Waals surface area (Å²) in [6.45, 7) is 9.99. The second kappa shape index (κ2) is 9.26. The van der Waals surface area contributed by atoms with Crippen molar-refractivity contribution >= 4 is 17.3 Å². The first kappa shape index (κ1) is 18.2. The minimum Gasteiger partial charge on any atom is -0.356 e. The highest BCUT2D eigenvalue weighted by Crippen LogP contribution is 2.28. The Labute approximate surface area is 145 Å². The van der Waals surface area contributed by atoms with E-state index in [1.54, 1.807) is 11.3 Å². The van der Waals surface area contributed by atoms with Crippen LogP contribution >= 0.6 is 11.3 Å². The number of aromatic nitrogens is 1. The van der Waals surface area contributed by atoms with Crippen LogP contribution in [-0.2, 0) is 6.42 Å². The lowest BCUT2D eigenvalue weighted by molar-refractivity contribution is 0.319. The third-order valence-electron chi connectivity index (χ3n) is 4.97. The second-order valence-corrected chi connectivity index (χ2v) is 7.47. The molecule has 1 aromatic heterocycles. The second-order valence-electron chi connectivity index (χ2n) is 6.53. The molecule has 0 spiro atoms. The molecule has 0 amide bonds. The largest absolute Gasteiger partial charge is 0.356 e. The van der Waals surface area contributed by atoms with E-state index in [1.807, 2.05) is 7.05 Å². The van der Waals surface area contributed by atoms with Crippen molar-refractivity contribution in [1.29, 1.82) is 0 Å². The minimum atomic E-state index is 0.835. The number of rotatable bonds is 7. The van der Waals surface area contributed by atoms with E-state index in [-0.39, 0.29) is 0 Å². The molecule has 0 bridgehead atoms. The number of hydrogen-bond donors (Lipinski definition) is 1. The van der Waals surface area contributed by atoms with E-state index in [0.29, 0.717) is 0 Å². The zero-order valence-electron chi connectivity index (χ0n) is 15.1. The molecular weight excluding hydrogens is 304 g/mol. The standard InChI is InChI=1S/C18H32N4S/c1-5-15(6-2)16-9-11-22(12-16)18(19-4)20-10-7-8-17-21-14(3)13-23-17/h13,15-16H,5-12H2,1-4H3,(H,19,20). The topological polar surface area (TPSA) is 40.5 Å². The summed E-state index contributed by atoms with van der Waals surface area (Å²) in [4.78, 5) is 11.4. The molecule has 0 aromatic carbocycles. The average Bonchev–Trinajstić information content (AvgIpc) is 3.18. The lowest BCUT2D eigenvalue weighted by atomic mass is 9.87. The molecule has 1 atom stereocenters. The fourth-order valence-corrected chi connectivity index (χ4v) is 4.43. The number of likely N-dealkylation sites (tertiary alicyclic amines) is 1. The predicted octanol–water partition coefficient (Wildman–Crippen LogP) is 3.72. The van der Waals surface area contributed by atoms with Crippen molar-refractivity contribution < 1.29 is 0 Å². The quantitative estimate of drug-likeness (QED) is 0.469. The van der Waals surface area contributed by atoms with Gasteiger partial charge in [-0.3, -0.25) is 4.99 Å². The first-order chi connectivity index (χ1) is 11.2. The predicted molar refractivity (Wildman–Crippen MR) is 100 cm³/mol. The Hall–Kier alpha value is -1.10. The van der Waals surface area contributed by atoms with E-state index in [9.17, 15) is 0 Å². The Morgan fingerprint density at radius 3 is 2.87 bits per heavy atom. The molecule has 1 aliphatic heterocycles. The van der Waals surface area contributed by atoms with Crippen molar-refractivity contribution in [1.82, 2.24) is 15.2 Å². The monoisotopic (exact) mass is 336 g/mol. The number of aryl methyl sites for hydroxylation is 2. The fourth-order valence-electron chi connectivity index (χ4n) is 3.61. The van der Waals surface area contributed by atoms with Gasteiger partial charge in [-0.1, -0.05) is 26.7 Å². The van der Waals surface area contributed by atoms with E-state index in [1.165, 1.54) is 24.3 Å². The van der Waals surface area contributed by atoms with Gasteiger partial charge in [0, 0.05) is 44.2 Å². The molecule has 23 heavy (non-hydrogen) atoms. The molecule has 1 N–H and O–H groups in total. The summed E-state index contributed by atoms with van der Waals surface area (Å²) in [5.41, 5.74) is 1.14. The van der Waals surface area contributed by atoms with Crippen LogP contribution in [0.5, 0.6) is 0 Å². The summed E-state index contributed by atoms with van der Waals surface area (Å²) in [5, 5.41) is 6.91. The zero-order chi connectivity index (χ0) is 16.7. The Bertz CT molecular complexity index is 493. The van der Waals surface area contributed by atoms with E-state index < -0.39 is 0 Å². The molecule has 0 aliphatic carbocycles. The number of nitrogens with zero attached hydrogens (tertiary/aromatic N) is 3. The van der Waals surface area contributed by atoms with E-state index in [0.717, 1.165) is 56.0 Å². The Balaban J connectivity index is 1.73. The Kier molecular flexibility index (Phi) is 7.34. The fraction of sp³-hybridized carbons (Fsp3) is 0.778. The van der Waals surface area contributed by atoms with Crippen LogP contribution in [0.15, 0.2) is 10.4 Å². The number of hydrogen-bond acceptors (Lipinski definition) is 3. The summed E-state index contributed by atoms with van der Waals surface area (Å²) in [7, 11) is 1.90. The molecule has 1 unspecified atom stereocenters. The summed E-state index contributed by atoms with van der Waals surface area (Å²) >= 11 is 1.77. The smallest absolute Gasteiger partial charge is 0.193 e. The van der Waals surface area contributed by atoms with Crippen molar-refractivity contribution in [2.45, 2.75) is 52.9 Å². The van der Waals surface area contributed by atoms with Gasteiger partial charge in [0.2, 0.25) is 0 Å². The van der Waals surface area contributed by atoms with Crippen molar-refractivity contribution in [2.24, 2.45) is 16.8 Å². The molecule has 5 heteroatoms. The first-order valence-electron chi connectivity index (χ1n) is 9.04. The molecular formula is C18H32N4S. The van der Waals surface area contributed by atoms with E-state index >= 15 is 0 Å². The number of aliphatic imine (C=N–C) groups is 1. The average molecular weight is 337 g/mol. The highest BCUT2D eigenvalue weighted by Gasteiger charge is 2.29. The van der Waals surface area contributed by atoms with Gasteiger partial charge >= 0.3 is 0 Å². The van der Waals surface area contributed by atoms with Crippen LogP contribution in [0.4, 0.5) is 0 Å². The number of guanidine groups is 1. The van der Waals surface area contributed by atoms with Crippen LogP contribution in [0.25, 0.3) is 0 Å². The van der Waals surface area contributed by atoms with Crippen LogP contribution < -0.4 is 5.32 Å². The molecule has 2 heterocycles. The molecule has 2 rings (SSSR count). The maximum atomic E-state index is 4.52. The minimum absolute atomic E-state index is 0.835. The molecule has 4 nitrogen and oxygen atoms in total. The van der Waals surface area contributed by atoms with Crippen LogP contribution in [-0.4, -0.2) is 42.5 Å². The summed E-state index contributed by atoms with van der Waals surface area (Å²) in [6.07, 6.45) is 6.07. The van der Waals surface area contributed by atoms with Crippen molar-refractivity contribution in [3.8, 4) is 0 Å². The maximum absolute atomic E-state index is 4.52. The highest BCUT2D eigenvalue weighted by molar-refractivity contribution is 7.09. The van der Waals surface area contributed by atoms with E-state index in [2.05, 4.69) is 46.3 Å². The van der Waals surface area contributed by atoms with Gasteiger partial charge in [0.25, 0.3) is 0 Å². The number of nitrogens with one attached hydrogen (secondary N) is 1. The normalized spacial score (nSPS) is 18.9. The molecule has 0 saturated carbocycles. The Morgan fingerprint density at radius 1 is 1.48 bits per heavy atom. The van der Waals surface area contributed by atoms with Crippen LogP contribution in [0, 0.1) is 18.8 Å². The highest BCUT2D eigenvalue weighted by atomic mass is 32.1. The summed E-state index contributed by atoms with van der Waals surface area (Å²) in [6, 6.07) is 0. The van der Waals surface area contributed by atoms with Gasteiger partial charge in [-0.15, -0.1) is 11.3 Å². The van der Waals surface area contributed by atoms with Crippen LogP contribution in [0.2, 0.25) is 0 Å². The third-order valence-corrected chi connectivity index (χ3v) is 6.00. The van der Waals surface area contributed by atoms with E-state index in [4.69, 9.17) is 0 Å². The van der Waals surface area contributed by atoms with Gasteiger partial charge in [0.1, 0.15) is 0 Å². The van der Waals surface area contributed by atoms with Crippen molar-refractivity contribution in [2.75, 3.05) is 26.7 Å². The molecule has 1 saturated heterocycles. The lowest BCUT2D eigenvalue weighted by Crippen LogP contribution is -2.40. The zero-order valence-corrected chi connectivity index (χ0v) is 16.0. The molecule has 130 valence electrons. The van der Waals surface area contributed by atoms with Gasteiger partial charge in [-0.05, 0) is 31.6 Å². The molecule has 0 radical (unpaired) electrons. The third kappa shape index (κ3) is 5.20. The van der Waals surface area contributed by atoms with Gasteiger partial charge in [-0.25, -0.2) is 4.98 Å². The SMILES string of the molecule is CCC(CC)C1CCN(C(=NC)NCCCc2nc(C)cs2)C1. The van der Waals surface area contributed by atoms with Crippen molar-refractivity contribution in [3.05, 3.63) is 16.1 Å². The van der Waals surface area contributed by atoms with Gasteiger partial charge in [0.05, 0.1) is 5.01 Å². The van der Waals surface area contributed by atoms with Gasteiger partial charge in [0.15, 0.2) is 5.96 Å². The van der Waals surface area contributed by atoms with Gasteiger partial charge < -0.3 is 10.2 Å². The first-order valence-corrected chi connectivity index (χ1v) is 9.92. The molecule has 1 aliphatic rings. The lowest BCUT2D eigenvalue weighted by Gasteiger charge is -2.24. The van der Waals surface area contributed by atoms with Gasteiger partial charge in [-0.2, -0.15) is 0 Å². The summed E-state index contributed by atoms with van der Waals surface area (Å²) in [5.74, 6) is 2.78. The maximum Gasteiger partial charge on any atom is 0.193 e. The number of thiazole rings is 1. The molecule has 1 aromatic rings. The summed E-state index contributed by atoms with van der Waals surface area (Å²) < 4.78 is 0. The van der Waals surface area contributed by atoms with Crippen LogP contribution in [0.1, 0.15) is 50.2 Å². The van der Waals surface area contributed by atoms with Crippen molar-refractivity contribution in [3.63, 3.8) is 0 Å².